The van der Waals surface area contributed by atoms with Crippen LogP contribution in [0.4, 0.5) is 10.7 Å². The summed E-state index contributed by atoms with van der Waals surface area (Å²) < 4.78 is 11.1. The van der Waals surface area contributed by atoms with Gasteiger partial charge >= 0.3 is 6.03 Å². The van der Waals surface area contributed by atoms with Gasteiger partial charge in [-0.1, -0.05) is 0 Å². The van der Waals surface area contributed by atoms with Gasteiger partial charge in [-0.2, -0.15) is 0 Å². The van der Waals surface area contributed by atoms with E-state index in [1.807, 2.05) is 12.1 Å². The normalized spacial score (nSPS) is 20.4. The number of morpholine rings is 1. The lowest BCUT2D eigenvalue weighted by atomic mass is 10.2. The van der Waals surface area contributed by atoms with Crippen LogP contribution in [0.1, 0.15) is 30.4 Å². The first-order valence-corrected chi connectivity index (χ1v) is 9.04. The molecule has 2 aromatic heterocycles. The van der Waals surface area contributed by atoms with Crippen LogP contribution in [-0.2, 0) is 11.3 Å². The SMILES string of the molecule is O=C(NCc1ccco1)N1CCO[C@H](c2ccnc(N3CCCC3)n2)C1. The Morgan fingerprint density at radius 1 is 1.27 bits per heavy atom. The zero-order valence-electron chi connectivity index (χ0n) is 14.6. The van der Waals surface area contributed by atoms with Gasteiger partial charge in [-0.05, 0) is 31.0 Å². The molecule has 2 saturated heterocycles. The van der Waals surface area contributed by atoms with Crippen molar-refractivity contribution in [2.75, 3.05) is 37.7 Å². The lowest BCUT2D eigenvalue weighted by molar-refractivity contribution is -0.0177. The van der Waals surface area contributed by atoms with Gasteiger partial charge in [-0.25, -0.2) is 14.8 Å². The summed E-state index contributed by atoms with van der Waals surface area (Å²) in [6.45, 7) is 3.89. The van der Waals surface area contributed by atoms with Crippen LogP contribution in [0.25, 0.3) is 0 Å². The van der Waals surface area contributed by atoms with E-state index in [2.05, 4.69) is 20.2 Å². The quantitative estimate of drug-likeness (QED) is 0.900. The molecule has 138 valence electrons. The van der Waals surface area contributed by atoms with E-state index in [9.17, 15) is 4.79 Å². The number of aromatic nitrogens is 2. The largest absolute Gasteiger partial charge is 0.467 e. The summed E-state index contributed by atoms with van der Waals surface area (Å²) >= 11 is 0. The number of anilines is 1. The molecule has 0 aromatic carbocycles. The van der Waals surface area contributed by atoms with Gasteiger partial charge in [0, 0.05) is 25.8 Å². The van der Waals surface area contributed by atoms with Gasteiger partial charge in [0.25, 0.3) is 0 Å². The van der Waals surface area contributed by atoms with E-state index < -0.39 is 0 Å². The van der Waals surface area contributed by atoms with E-state index in [1.165, 1.54) is 12.8 Å². The molecule has 0 unspecified atom stereocenters. The Hall–Kier alpha value is -2.61. The molecule has 0 bridgehead atoms. The average molecular weight is 357 g/mol. The lowest BCUT2D eigenvalue weighted by Gasteiger charge is -2.32. The Morgan fingerprint density at radius 2 is 2.15 bits per heavy atom. The molecule has 0 saturated carbocycles. The first kappa shape index (κ1) is 16.8. The van der Waals surface area contributed by atoms with Crippen molar-refractivity contribution in [1.82, 2.24) is 20.2 Å². The fourth-order valence-corrected chi connectivity index (χ4v) is 3.31. The monoisotopic (exact) mass is 357 g/mol. The van der Waals surface area contributed by atoms with E-state index in [-0.39, 0.29) is 12.1 Å². The number of carbonyl (C=O) groups excluding carboxylic acids is 1. The molecule has 2 aliphatic heterocycles. The minimum absolute atomic E-state index is 0.122. The second kappa shape index (κ2) is 7.74. The third-order valence-corrected chi connectivity index (χ3v) is 4.73. The van der Waals surface area contributed by atoms with Gasteiger partial charge in [-0.3, -0.25) is 0 Å². The summed E-state index contributed by atoms with van der Waals surface area (Å²) in [5.41, 5.74) is 0.824. The highest BCUT2D eigenvalue weighted by Gasteiger charge is 2.27. The van der Waals surface area contributed by atoms with E-state index in [4.69, 9.17) is 9.15 Å². The summed E-state index contributed by atoms with van der Waals surface area (Å²) in [6, 6.07) is 5.39. The molecule has 2 fully saturated rings. The molecule has 0 spiro atoms. The molecule has 4 rings (SSSR count). The Balaban J connectivity index is 1.38. The molecular weight excluding hydrogens is 334 g/mol. The maximum atomic E-state index is 12.4. The number of furan rings is 1. The first-order valence-electron chi connectivity index (χ1n) is 9.04. The number of hydrogen-bond donors (Lipinski definition) is 1. The smallest absolute Gasteiger partial charge is 0.317 e. The highest BCUT2D eigenvalue weighted by molar-refractivity contribution is 5.74. The average Bonchev–Trinajstić information content (AvgIpc) is 3.40. The van der Waals surface area contributed by atoms with Gasteiger partial charge in [0.2, 0.25) is 5.95 Å². The van der Waals surface area contributed by atoms with Gasteiger partial charge in [-0.15, -0.1) is 0 Å². The molecule has 0 aliphatic carbocycles. The summed E-state index contributed by atoms with van der Waals surface area (Å²) in [7, 11) is 0. The predicted octanol–water partition coefficient (Wildman–Crippen LogP) is 1.95. The van der Waals surface area contributed by atoms with E-state index in [0.717, 1.165) is 30.5 Å². The van der Waals surface area contributed by atoms with E-state index in [0.29, 0.717) is 26.2 Å². The Bertz CT molecular complexity index is 730. The number of rotatable bonds is 4. The maximum absolute atomic E-state index is 12.4. The second-order valence-electron chi connectivity index (χ2n) is 6.52. The summed E-state index contributed by atoms with van der Waals surface area (Å²) in [6.07, 6.45) is 5.49. The highest BCUT2D eigenvalue weighted by Crippen LogP contribution is 2.23. The molecule has 8 heteroatoms. The zero-order chi connectivity index (χ0) is 17.8. The zero-order valence-corrected chi connectivity index (χ0v) is 14.6. The van der Waals surface area contributed by atoms with Crippen LogP contribution in [0.5, 0.6) is 0 Å². The summed E-state index contributed by atoms with van der Waals surface area (Å²) in [5, 5.41) is 2.88. The number of amides is 2. The minimum atomic E-state index is -0.234. The molecule has 8 nitrogen and oxygen atoms in total. The molecular formula is C18H23N5O3. The fraction of sp³-hybridized carbons (Fsp3) is 0.500. The van der Waals surface area contributed by atoms with Crippen molar-refractivity contribution in [3.05, 3.63) is 42.1 Å². The molecule has 4 heterocycles. The molecule has 1 N–H and O–H groups in total. The topological polar surface area (TPSA) is 83.7 Å². The third-order valence-electron chi connectivity index (χ3n) is 4.73. The predicted molar refractivity (Wildman–Crippen MR) is 94.7 cm³/mol. The lowest BCUT2D eigenvalue weighted by Crippen LogP contribution is -2.47. The fourth-order valence-electron chi connectivity index (χ4n) is 3.31. The van der Waals surface area contributed by atoms with E-state index in [1.54, 1.807) is 23.4 Å². The minimum Gasteiger partial charge on any atom is -0.467 e. The number of hydrogen-bond acceptors (Lipinski definition) is 6. The van der Waals surface area contributed by atoms with Crippen molar-refractivity contribution >= 4 is 12.0 Å². The van der Waals surface area contributed by atoms with Crippen LogP contribution in [0.3, 0.4) is 0 Å². The third kappa shape index (κ3) is 3.80. The van der Waals surface area contributed by atoms with Crippen LogP contribution in [0.2, 0.25) is 0 Å². The standard InChI is InChI=1S/C18H23N5O3/c24-18(20-12-14-4-3-10-25-14)23-9-11-26-16(13-23)15-5-6-19-17(21-15)22-7-1-2-8-22/h3-6,10,16H,1-2,7-9,11-13H2,(H,20,24)/t16-/m0/s1. The van der Waals surface area contributed by atoms with Gasteiger partial charge in [0.05, 0.1) is 31.7 Å². The van der Waals surface area contributed by atoms with Gasteiger partial charge in [0.15, 0.2) is 0 Å². The molecule has 2 amide bonds. The molecule has 2 aliphatic rings. The molecule has 2 aromatic rings. The van der Waals surface area contributed by atoms with Crippen molar-refractivity contribution < 1.29 is 13.9 Å². The Morgan fingerprint density at radius 3 is 2.96 bits per heavy atom. The number of carbonyl (C=O) groups is 1. The van der Waals surface area contributed by atoms with Crippen molar-refractivity contribution in [2.24, 2.45) is 0 Å². The number of ether oxygens (including phenoxy) is 1. The van der Waals surface area contributed by atoms with Crippen molar-refractivity contribution in [1.29, 1.82) is 0 Å². The number of nitrogens with one attached hydrogen (secondary N) is 1. The van der Waals surface area contributed by atoms with Crippen LogP contribution in [0.15, 0.2) is 35.1 Å². The Labute approximate surface area is 152 Å². The first-order chi connectivity index (χ1) is 12.8. The molecule has 0 radical (unpaired) electrons. The van der Waals surface area contributed by atoms with Crippen molar-refractivity contribution in [3.63, 3.8) is 0 Å². The van der Waals surface area contributed by atoms with Crippen LogP contribution in [-0.4, -0.2) is 53.7 Å². The summed E-state index contributed by atoms with van der Waals surface area (Å²) in [5.74, 6) is 1.48. The highest BCUT2D eigenvalue weighted by atomic mass is 16.5. The number of urea groups is 1. The maximum Gasteiger partial charge on any atom is 0.317 e. The van der Waals surface area contributed by atoms with Crippen LogP contribution < -0.4 is 10.2 Å². The van der Waals surface area contributed by atoms with Crippen molar-refractivity contribution in [3.8, 4) is 0 Å². The van der Waals surface area contributed by atoms with Gasteiger partial charge in [0.1, 0.15) is 11.9 Å². The van der Waals surface area contributed by atoms with Crippen LogP contribution in [0, 0.1) is 0 Å². The Kier molecular flexibility index (Phi) is 5.01. The number of nitrogens with zero attached hydrogens (tertiary/aromatic N) is 4. The van der Waals surface area contributed by atoms with Crippen molar-refractivity contribution in [2.45, 2.75) is 25.5 Å². The molecule has 26 heavy (non-hydrogen) atoms. The van der Waals surface area contributed by atoms with Crippen LogP contribution >= 0.6 is 0 Å². The van der Waals surface area contributed by atoms with Gasteiger partial charge < -0.3 is 24.3 Å². The second-order valence-corrected chi connectivity index (χ2v) is 6.52. The molecule has 1 atom stereocenters. The summed E-state index contributed by atoms with van der Waals surface area (Å²) in [4.78, 5) is 25.4. The van der Waals surface area contributed by atoms with E-state index >= 15 is 0 Å².